The van der Waals surface area contributed by atoms with Gasteiger partial charge in [-0.15, -0.1) is 11.3 Å². The van der Waals surface area contributed by atoms with Crippen molar-refractivity contribution >= 4 is 23.0 Å². The fourth-order valence-corrected chi connectivity index (χ4v) is 5.35. The number of para-hydroxylation sites is 1. The minimum Gasteiger partial charge on any atom is -0.463 e. The average Bonchev–Trinajstić information content (AvgIpc) is 3.76. The summed E-state index contributed by atoms with van der Waals surface area (Å²) in [4.78, 5) is 15.0. The van der Waals surface area contributed by atoms with Gasteiger partial charge in [0.15, 0.2) is 6.10 Å². The number of aromatic nitrogens is 2. The molecule has 2 atom stereocenters. The van der Waals surface area contributed by atoms with Crippen LogP contribution in [0.1, 0.15) is 35.5 Å². The second kappa shape index (κ2) is 10.0. The molecule has 7 nitrogen and oxygen atoms in total. The molecule has 4 heterocycles. The van der Waals surface area contributed by atoms with Gasteiger partial charge >= 0.3 is 0 Å². The zero-order valence-corrected chi connectivity index (χ0v) is 20.9. The first-order valence-corrected chi connectivity index (χ1v) is 12.8. The van der Waals surface area contributed by atoms with Gasteiger partial charge in [0, 0.05) is 25.3 Å². The summed E-state index contributed by atoms with van der Waals surface area (Å²) in [5, 5.41) is 13.3. The van der Waals surface area contributed by atoms with Crippen LogP contribution in [0.2, 0.25) is 0 Å². The van der Waals surface area contributed by atoms with E-state index < -0.39 is 6.10 Å². The summed E-state index contributed by atoms with van der Waals surface area (Å²) in [7, 11) is 1.54. The normalized spacial score (nSPS) is 16.1. The van der Waals surface area contributed by atoms with E-state index in [1.807, 2.05) is 101 Å². The van der Waals surface area contributed by atoms with Gasteiger partial charge in [0.1, 0.15) is 17.2 Å². The number of benzene rings is 2. The molecule has 0 N–H and O–H groups in total. The Labute approximate surface area is 218 Å². The van der Waals surface area contributed by atoms with Gasteiger partial charge in [0.05, 0.1) is 22.9 Å². The predicted molar refractivity (Wildman–Crippen MR) is 143 cm³/mol. The van der Waals surface area contributed by atoms with E-state index in [0.29, 0.717) is 17.9 Å². The largest absolute Gasteiger partial charge is 0.463 e. The van der Waals surface area contributed by atoms with Gasteiger partial charge in [-0.25, -0.2) is 9.69 Å². The Hall–Kier alpha value is -4.27. The van der Waals surface area contributed by atoms with Crippen molar-refractivity contribution < 1.29 is 13.9 Å². The Morgan fingerprint density at radius 3 is 2.49 bits per heavy atom. The number of carbonyl (C=O) groups is 1. The molecule has 1 aliphatic heterocycles. The van der Waals surface area contributed by atoms with Crippen LogP contribution >= 0.6 is 11.3 Å². The predicted octanol–water partition coefficient (Wildman–Crippen LogP) is 6.26. The van der Waals surface area contributed by atoms with Crippen molar-refractivity contribution in [2.24, 2.45) is 5.10 Å². The van der Waals surface area contributed by atoms with Crippen molar-refractivity contribution in [2.45, 2.75) is 18.6 Å². The zero-order valence-electron chi connectivity index (χ0n) is 20.1. The highest BCUT2D eigenvalue weighted by atomic mass is 32.1. The van der Waals surface area contributed by atoms with E-state index in [1.165, 1.54) is 0 Å². The smallest absolute Gasteiger partial charge is 0.276 e. The highest BCUT2D eigenvalue weighted by Gasteiger charge is 2.40. The van der Waals surface area contributed by atoms with E-state index in [9.17, 15) is 4.79 Å². The van der Waals surface area contributed by atoms with E-state index in [2.05, 4.69) is 0 Å². The Morgan fingerprint density at radius 1 is 1.03 bits per heavy atom. The Kier molecular flexibility index (Phi) is 6.26. The van der Waals surface area contributed by atoms with Crippen molar-refractivity contribution in [3.63, 3.8) is 0 Å². The molecule has 2 unspecified atom stereocenters. The maximum absolute atomic E-state index is 14.0. The molecule has 0 aliphatic carbocycles. The summed E-state index contributed by atoms with van der Waals surface area (Å²) in [5.74, 6) is 0.395. The van der Waals surface area contributed by atoms with E-state index in [0.717, 1.165) is 27.4 Å². The summed E-state index contributed by atoms with van der Waals surface area (Å²) in [6.07, 6.45) is 3.31. The molecule has 2 aromatic carbocycles. The van der Waals surface area contributed by atoms with Crippen LogP contribution < -0.4 is 0 Å². The second-order valence-corrected chi connectivity index (χ2v) is 9.59. The maximum atomic E-state index is 14.0. The number of hydrogen-bond acceptors (Lipinski definition) is 6. The van der Waals surface area contributed by atoms with Crippen LogP contribution in [0.4, 0.5) is 0 Å². The number of furan rings is 1. The summed E-state index contributed by atoms with van der Waals surface area (Å²) >= 11 is 1.61. The number of thiophene rings is 1. The molecule has 0 spiro atoms. The summed E-state index contributed by atoms with van der Waals surface area (Å²) in [6, 6.07) is 26.8. The van der Waals surface area contributed by atoms with Crippen molar-refractivity contribution in [3.05, 3.63) is 120 Å². The average molecular weight is 509 g/mol. The van der Waals surface area contributed by atoms with Crippen molar-refractivity contribution in [3.8, 4) is 16.3 Å². The van der Waals surface area contributed by atoms with Gasteiger partial charge in [0.2, 0.25) is 0 Å². The number of hydrazone groups is 1. The molecule has 8 heteroatoms. The molecular formula is C29H24N4O3S. The molecule has 184 valence electrons. The molecule has 5 aromatic rings. The minimum absolute atomic E-state index is 0.246. The van der Waals surface area contributed by atoms with Gasteiger partial charge < -0.3 is 9.15 Å². The molecule has 3 aromatic heterocycles. The van der Waals surface area contributed by atoms with Crippen molar-refractivity contribution in [2.75, 3.05) is 7.11 Å². The lowest BCUT2D eigenvalue weighted by Crippen LogP contribution is -2.32. The SMILES string of the molecule is COC(C(=O)N1N=C(c2ccco2)CC1c1cn(-c2ccccc2)nc1-c1cccs1)c1ccccc1. The fraction of sp³-hybridized carbons (Fsp3) is 0.138. The summed E-state index contributed by atoms with van der Waals surface area (Å²) in [6.45, 7) is 0. The van der Waals surface area contributed by atoms with E-state index in [4.69, 9.17) is 19.4 Å². The first-order valence-electron chi connectivity index (χ1n) is 11.9. The van der Waals surface area contributed by atoms with Crippen LogP contribution in [0.5, 0.6) is 0 Å². The van der Waals surface area contributed by atoms with Gasteiger partial charge in [-0.1, -0.05) is 54.6 Å². The number of methoxy groups -OCH3 is 1. The lowest BCUT2D eigenvalue weighted by atomic mass is 9.99. The zero-order chi connectivity index (χ0) is 25.2. The number of ether oxygens (including phenoxy) is 1. The van der Waals surface area contributed by atoms with Crippen LogP contribution in [-0.2, 0) is 9.53 Å². The first-order chi connectivity index (χ1) is 18.2. The highest BCUT2D eigenvalue weighted by molar-refractivity contribution is 7.13. The molecule has 0 bridgehead atoms. The van der Waals surface area contributed by atoms with Crippen LogP contribution in [0.15, 0.2) is 112 Å². The molecule has 37 heavy (non-hydrogen) atoms. The van der Waals surface area contributed by atoms with Crippen LogP contribution in [0.3, 0.4) is 0 Å². The molecule has 1 amide bonds. The van der Waals surface area contributed by atoms with Gasteiger partial charge in [-0.05, 0) is 41.3 Å². The quantitative estimate of drug-likeness (QED) is 0.260. The molecule has 1 aliphatic rings. The van der Waals surface area contributed by atoms with E-state index in [1.54, 1.807) is 29.7 Å². The number of carbonyl (C=O) groups excluding carboxylic acids is 1. The Bertz CT molecular complexity index is 1510. The minimum atomic E-state index is -0.794. The number of rotatable bonds is 7. The molecule has 0 fully saturated rings. The molecule has 0 radical (unpaired) electrons. The van der Waals surface area contributed by atoms with Crippen LogP contribution in [0.25, 0.3) is 16.3 Å². The van der Waals surface area contributed by atoms with Crippen molar-refractivity contribution in [1.82, 2.24) is 14.8 Å². The standard InChI is InChI=1S/C29H24N4O3S/c1-35-28(20-10-4-2-5-11-20)29(34)33-24(18-23(30-33)25-14-8-16-36-25)22-19-32(21-12-6-3-7-13-21)31-27(22)26-15-9-17-37-26/h2-17,19,24,28H,18H2,1H3. The van der Waals surface area contributed by atoms with Crippen molar-refractivity contribution in [1.29, 1.82) is 0 Å². The van der Waals surface area contributed by atoms with Gasteiger partial charge in [-0.3, -0.25) is 4.79 Å². The summed E-state index contributed by atoms with van der Waals surface area (Å²) in [5.41, 5.74) is 4.15. The van der Waals surface area contributed by atoms with Gasteiger partial charge in [-0.2, -0.15) is 10.2 Å². The Morgan fingerprint density at radius 2 is 1.81 bits per heavy atom. The van der Waals surface area contributed by atoms with Crippen LogP contribution in [-0.4, -0.2) is 33.5 Å². The third kappa shape index (κ3) is 4.41. The molecule has 0 saturated heterocycles. The molecule has 6 rings (SSSR count). The highest BCUT2D eigenvalue weighted by Crippen LogP contribution is 2.41. The third-order valence-electron chi connectivity index (χ3n) is 6.38. The topological polar surface area (TPSA) is 72.9 Å². The summed E-state index contributed by atoms with van der Waals surface area (Å²) < 4.78 is 13.2. The maximum Gasteiger partial charge on any atom is 0.276 e. The second-order valence-electron chi connectivity index (χ2n) is 8.64. The fourth-order valence-electron chi connectivity index (χ4n) is 4.62. The third-order valence-corrected chi connectivity index (χ3v) is 7.26. The molecule has 0 saturated carbocycles. The van der Waals surface area contributed by atoms with Gasteiger partial charge in [0.25, 0.3) is 5.91 Å². The first kappa shape index (κ1) is 23.1. The Balaban J connectivity index is 1.46. The monoisotopic (exact) mass is 508 g/mol. The molecular weight excluding hydrogens is 484 g/mol. The number of amides is 1. The van der Waals surface area contributed by atoms with Crippen LogP contribution in [0, 0.1) is 0 Å². The lowest BCUT2D eigenvalue weighted by molar-refractivity contribution is -0.144. The van der Waals surface area contributed by atoms with E-state index >= 15 is 0 Å². The lowest BCUT2D eigenvalue weighted by Gasteiger charge is -2.25. The number of nitrogens with zero attached hydrogens (tertiary/aromatic N) is 4. The number of hydrogen-bond donors (Lipinski definition) is 0. The van der Waals surface area contributed by atoms with E-state index in [-0.39, 0.29) is 11.9 Å².